The van der Waals surface area contributed by atoms with Crippen LogP contribution in [0.4, 0.5) is 5.82 Å². The van der Waals surface area contributed by atoms with Gasteiger partial charge in [-0.05, 0) is 6.92 Å². The van der Waals surface area contributed by atoms with Gasteiger partial charge in [-0.25, -0.2) is 9.97 Å². The molecule has 6 nitrogen and oxygen atoms in total. The van der Waals surface area contributed by atoms with Crippen molar-refractivity contribution in [2.45, 2.75) is 27.7 Å². The molecule has 0 radical (unpaired) electrons. The number of hydrogen-bond acceptors (Lipinski definition) is 5. The first-order valence-corrected chi connectivity index (χ1v) is 6.40. The van der Waals surface area contributed by atoms with Crippen molar-refractivity contribution in [3.8, 4) is 5.88 Å². The van der Waals surface area contributed by atoms with E-state index in [1.807, 2.05) is 27.7 Å². The van der Waals surface area contributed by atoms with Gasteiger partial charge in [-0.15, -0.1) is 0 Å². The van der Waals surface area contributed by atoms with Gasteiger partial charge in [0.25, 0.3) is 0 Å². The molecule has 106 valence electrons. The molecule has 0 aliphatic heterocycles. The Bertz CT molecular complexity index is 415. The smallest absolute Gasteiger partial charge is 0.225 e. The summed E-state index contributed by atoms with van der Waals surface area (Å²) in [7, 11) is 0. The van der Waals surface area contributed by atoms with Gasteiger partial charge < -0.3 is 15.4 Å². The zero-order valence-electron chi connectivity index (χ0n) is 12.0. The fourth-order valence-corrected chi connectivity index (χ4v) is 1.29. The van der Waals surface area contributed by atoms with E-state index < -0.39 is 0 Å². The summed E-state index contributed by atoms with van der Waals surface area (Å²) in [5, 5.41) is 5.96. The lowest BCUT2D eigenvalue weighted by atomic mass is 9.96. The molecule has 0 aromatic carbocycles. The molecule has 1 amide bonds. The van der Waals surface area contributed by atoms with Crippen LogP contribution in [0, 0.1) is 5.41 Å². The number of aromatic nitrogens is 2. The highest BCUT2D eigenvalue weighted by molar-refractivity contribution is 5.81. The number of amides is 1. The molecule has 1 aromatic heterocycles. The van der Waals surface area contributed by atoms with E-state index in [1.165, 1.54) is 6.33 Å². The van der Waals surface area contributed by atoms with Crippen molar-refractivity contribution in [2.75, 3.05) is 25.0 Å². The molecule has 6 heteroatoms. The summed E-state index contributed by atoms with van der Waals surface area (Å²) in [6.07, 6.45) is 1.45. The van der Waals surface area contributed by atoms with E-state index in [0.717, 1.165) is 0 Å². The minimum atomic E-state index is -0.364. The van der Waals surface area contributed by atoms with Crippen molar-refractivity contribution in [1.82, 2.24) is 15.3 Å². The number of carbonyl (C=O) groups excluding carboxylic acids is 1. The van der Waals surface area contributed by atoms with Gasteiger partial charge in [-0.1, -0.05) is 20.8 Å². The van der Waals surface area contributed by atoms with Crippen molar-refractivity contribution in [3.05, 3.63) is 12.4 Å². The summed E-state index contributed by atoms with van der Waals surface area (Å²) in [5.74, 6) is 1.26. The van der Waals surface area contributed by atoms with Crippen LogP contribution in [0.2, 0.25) is 0 Å². The maximum Gasteiger partial charge on any atom is 0.225 e. The van der Waals surface area contributed by atoms with E-state index in [9.17, 15) is 4.79 Å². The van der Waals surface area contributed by atoms with E-state index in [2.05, 4.69) is 20.6 Å². The molecule has 0 aliphatic rings. The number of carbonyl (C=O) groups is 1. The molecule has 2 N–H and O–H groups in total. The predicted molar refractivity (Wildman–Crippen MR) is 74.2 cm³/mol. The Morgan fingerprint density at radius 1 is 1.32 bits per heavy atom. The lowest BCUT2D eigenvalue weighted by Crippen LogP contribution is -2.37. The lowest BCUT2D eigenvalue weighted by Gasteiger charge is -2.17. The minimum Gasteiger partial charge on any atom is -0.478 e. The molecular weight excluding hydrogens is 244 g/mol. The van der Waals surface area contributed by atoms with Crippen molar-refractivity contribution in [3.63, 3.8) is 0 Å². The van der Waals surface area contributed by atoms with Crippen LogP contribution in [-0.4, -0.2) is 35.6 Å². The van der Waals surface area contributed by atoms with E-state index in [1.54, 1.807) is 6.07 Å². The Morgan fingerprint density at radius 2 is 2.05 bits per heavy atom. The standard InChI is InChI=1S/C13H22N4O2/c1-5-19-11-8-10(16-9-17-11)14-6-7-15-12(18)13(2,3)4/h8-9H,5-7H2,1-4H3,(H,15,18)(H,14,16,17). The third-order valence-electron chi connectivity index (χ3n) is 2.33. The molecule has 0 atom stereocenters. The summed E-state index contributed by atoms with van der Waals surface area (Å²) >= 11 is 0. The Hall–Kier alpha value is -1.85. The quantitative estimate of drug-likeness (QED) is 0.762. The number of nitrogens with one attached hydrogen (secondary N) is 2. The van der Waals surface area contributed by atoms with Crippen molar-refractivity contribution in [1.29, 1.82) is 0 Å². The van der Waals surface area contributed by atoms with Crippen LogP contribution >= 0.6 is 0 Å². The molecule has 0 spiro atoms. The maximum absolute atomic E-state index is 11.6. The summed E-state index contributed by atoms with van der Waals surface area (Å²) < 4.78 is 5.27. The molecule has 0 saturated carbocycles. The maximum atomic E-state index is 11.6. The normalized spacial score (nSPS) is 10.9. The summed E-state index contributed by atoms with van der Waals surface area (Å²) in [6.45, 7) is 9.27. The molecular formula is C13H22N4O2. The average molecular weight is 266 g/mol. The van der Waals surface area contributed by atoms with Gasteiger partial charge in [0.05, 0.1) is 6.61 Å². The number of anilines is 1. The predicted octanol–water partition coefficient (Wildman–Crippen LogP) is 1.45. The topological polar surface area (TPSA) is 76.1 Å². The van der Waals surface area contributed by atoms with Crippen LogP contribution in [-0.2, 0) is 4.79 Å². The second-order valence-electron chi connectivity index (χ2n) is 5.11. The molecule has 0 aliphatic carbocycles. The molecule has 0 unspecified atom stereocenters. The molecule has 1 aromatic rings. The second kappa shape index (κ2) is 6.92. The van der Waals surface area contributed by atoms with E-state index in [0.29, 0.717) is 31.4 Å². The summed E-state index contributed by atoms with van der Waals surface area (Å²) in [6, 6.07) is 1.73. The van der Waals surface area contributed by atoms with Crippen LogP contribution in [0.15, 0.2) is 12.4 Å². The zero-order chi connectivity index (χ0) is 14.3. The molecule has 0 fully saturated rings. The fraction of sp³-hybridized carbons (Fsp3) is 0.615. The molecule has 1 rings (SSSR count). The van der Waals surface area contributed by atoms with E-state index in [-0.39, 0.29) is 11.3 Å². The molecule has 19 heavy (non-hydrogen) atoms. The fourth-order valence-electron chi connectivity index (χ4n) is 1.29. The zero-order valence-corrected chi connectivity index (χ0v) is 12.0. The third kappa shape index (κ3) is 5.54. The Morgan fingerprint density at radius 3 is 2.68 bits per heavy atom. The Balaban J connectivity index is 2.33. The first kappa shape index (κ1) is 15.2. The number of nitrogens with zero attached hydrogens (tertiary/aromatic N) is 2. The summed E-state index contributed by atoms with van der Waals surface area (Å²) in [4.78, 5) is 19.7. The number of ether oxygens (including phenoxy) is 1. The van der Waals surface area contributed by atoms with Gasteiger partial charge in [0.2, 0.25) is 11.8 Å². The van der Waals surface area contributed by atoms with Gasteiger partial charge >= 0.3 is 0 Å². The van der Waals surface area contributed by atoms with E-state index >= 15 is 0 Å². The van der Waals surface area contributed by atoms with Gasteiger partial charge in [0.15, 0.2) is 0 Å². The SMILES string of the molecule is CCOc1cc(NCCNC(=O)C(C)(C)C)ncn1. The summed E-state index contributed by atoms with van der Waals surface area (Å²) in [5.41, 5.74) is -0.364. The molecule has 0 bridgehead atoms. The number of rotatable bonds is 6. The van der Waals surface area contributed by atoms with Gasteiger partial charge in [0.1, 0.15) is 12.1 Å². The van der Waals surface area contributed by atoms with E-state index in [4.69, 9.17) is 4.74 Å². The van der Waals surface area contributed by atoms with Crippen LogP contribution in [0.1, 0.15) is 27.7 Å². The lowest BCUT2D eigenvalue weighted by molar-refractivity contribution is -0.128. The minimum absolute atomic E-state index is 0.0343. The van der Waals surface area contributed by atoms with Gasteiger partial charge in [-0.2, -0.15) is 0 Å². The second-order valence-corrected chi connectivity index (χ2v) is 5.11. The first-order valence-electron chi connectivity index (χ1n) is 6.40. The van der Waals surface area contributed by atoms with Crippen LogP contribution in [0.3, 0.4) is 0 Å². The third-order valence-corrected chi connectivity index (χ3v) is 2.33. The van der Waals surface area contributed by atoms with Crippen LogP contribution < -0.4 is 15.4 Å². The highest BCUT2D eigenvalue weighted by Crippen LogP contribution is 2.12. The van der Waals surface area contributed by atoms with Gasteiger partial charge in [-0.3, -0.25) is 4.79 Å². The first-order chi connectivity index (χ1) is 8.93. The Labute approximate surface area is 114 Å². The number of hydrogen-bond donors (Lipinski definition) is 2. The van der Waals surface area contributed by atoms with Crippen LogP contribution in [0.25, 0.3) is 0 Å². The van der Waals surface area contributed by atoms with Crippen LogP contribution in [0.5, 0.6) is 5.88 Å². The average Bonchev–Trinajstić information content (AvgIpc) is 2.34. The van der Waals surface area contributed by atoms with Crippen molar-refractivity contribution >= 4 is 11.7 Å². The molecule has 1 heterocycles. The van der Waals surface area contributed by atoms with Gasteiger partial charge in [0, 0.05) is 24.6 Å². The van der Waals surface area contributed by atoms with Crippen molar-refractivity contribution < 1.29 is 9.53 Å². The van der Waals surface area contributed by atoms with Crippen molar-refractivity contribution in [2.24, 2.45) is 5.41 Å². The highest BCUT2D eigenvalue weighted by atomic mass is 16.5. The largest absolute Gasteiger partial charge is 0.478 e. The monoisotopic (exact) mass is 266 g/mol. The molecule has 0 saturated heterocycles. The Kier molecular flexibility index (Phi) is 5.54. The highest BCUT2D eigenvalue weighted by Gasteiger charge is 2.20.